The topological polar surface area (TPSA) is 241 Å². The van der Waals surface area contributed by atoms with Crippen molar-refractivity contribution in [3.8, 4) is 0 Å². The third-order valence-corrected chi connectivity index (χ3v) is 9.78. The number of ether oxygens (including phenoxy) is 1. The number of aromatic nitrogens is 2. The lowest BCUT2D eigenvalue weighted by Crippen LogP contribution is -2.58. The van der Waals surface area contributed by atoms with Crippen LogP contribution in [0, 0.1) is 5.92 Å². The third-order valence-electron chi connectivity index (χ3n) is 9.78. The van der Waals surface area contributed by atoms with Crippen LogP contribution in [0.25, 0.3) is 10.9 Å². The normalized spacial score (nSPS) is 15.5. The lowest BCUT2D eigenvalue weighted by atomic mass is 10.0. The van der Waals surface area contributed by atoms with E-state index in [1.807, 2.05) is 55.9 Å². The number of amides is 4. The van der Waals surface area contributed by atoms with Gasteiger partial charge in [0, 0.05) is 62.0 Å². The number of carbonyl (C=O) groups excluding carboxylic acids is 4. The summed E-state index contributed by atoms with van der Waals surface area (Å²) >= 11 is 0. The van der Waals surface area contributed by atoms with Crippen LogP contribution in [0.5, 0.6) is 0 Å². The van der Waals surface area contributed by atoms with Crippen molar-refractivity contribution in [1.29, 1.82) is 0 Å². The highest BCUT2D eigenvalue weighted by Crippen LogP contribution is 2.22. The van der Waals surface area contributed by atoms with Crippen LogP contribution in [-0.4, -0.2) is 120 Å². The van der Waals surface area contributed by atoms with E-state index in [1.54, 1.807) is 29.3 Å². The molecule has 4 rings (SSSR count). The fraction of sp³-hybridized carbons (Fsp3) is 0.564. The second kappa shape index (κ2) is 23.6. The zero-order chi connectivity index (χ0) is 42.0. The summed E-state index contributed by atoms with van der Waals surface area (Å²) in [5, 5.41) is 44.1. The van der Waals surface area contributed by atoms with Crippen molar-refractivity contribution < 1.29 is 54.4 Å². The van der Waals surface area contributed by atoms with Crippen LogP contribution < -0.4 is 16.0 Å². The van der Waals surface area contributed by atoms with Crippen molar-refractivity contribution in [1.82, 2.24) is 41.2 Å². The van der Waals surface area contributed by atoms with Crippen LogP contribution >= 0.6 is 0 Å². The first-order chi connectivity index (χ1) is 27.8. The Balaban J connectivity index is 1.52. The first kappa shape index (κ1) is 46.0. The summed E-state index contributed by atoms with van der Waals surface area (Å²) in [7, 11) is 1.89. The van der Waals surface area contributed by atoms with E-state index in [1.165, 1.54) is 0 Å². The summed E-state index contributed by atoms with van der Waals surface area (Å²) in [6.07, 6.45) is 7.47. The lowest BCUT2D eigenvalue weighted by Gasteiger charge is -2.28. The van der Waals surface area contributed by atoms with E-state index in [4.69, 9.17) is 30.4 Å². The van der Waals surface area contributed by atoms with E-state index >= 15 is 0 Å². The van der Waals surface area contributed by atoms with Gasteiger partial charge in [-0.15, -0.1) is 0 Å². The average Bonchev–Trinajstić information content (AvgIpc) is 3.32. The largest absolute Gasteiger partial charge is 0.464 e. The van der Waals surface area contributed by atoms with Gasteiger partial charge in [-0.25, -0.2) is 19.3 Å². The van der Waals surface area contributed by atoms with Gasteiger partial charge in [0.1, 0.15) is 30.8 Å². The number of pyridine rings is 1. The van der Waals surface area contributed by atoms with Gasteiger partial charge in [-0.1, -0.05) is 51.0 Å². The smallest absolute Gasteiger partial charge is 0.329 e. The standard InChI is InChI=1S/C39H58N8O11/c1-27(2)22-32(43-39(51)45-19-11-4-5-12-20-45)36(48)41-33(23-28-25-44(3)35-17-7-6-16-31(28)35)37(49)42-34(24-29-14-8-10-18-40-29)38(50)56-21-13-9-15-30(58-47(54)55)26-57-46(52)53/h6-8,10,14,16-18,25,27,30,32-34,52-55H,4-5,9,11-13,15,19-24,26H2,1-3H3,(H,41,48)(H,42,49)(H,43,51)/t30?,32?,33?,34-/m1/s1. The van der Waals surface area contributed by atoms with Gasteiger partial charge < -0.3 is 30.2 Å². The number of rotatable bonds is 22. The fourth-order valence-electron chi connectivity index (χ4n) is 6.90. The molecule has 3 unspecified atom stereocenters. The van der Waals surface area contributed by atoms with Gasteiger partial charge in [0.15, 0.2) is 0 Å². The monoisotopic (exact) mass is 814 g/mol. The van der Waals surface area contributed by atoms with Crippen LogP contribution in [-0.2, 0) is 48.7 Å². The molecule has 0 spiro atoms. The molecule has 0 aliphatic carbocycles. The molecule has 1 aliphatic rings. The zero-order valence-electron chi connectivity index (χ0n) is 33.4. The molecule has 1 aliphatic heterocycles. The Morgan fingerprint density at radius 2 is 1.52 bits per heavy atom. The molecule has 19 heteroatoms. The maximum atomic E-state index is 14.4. The first-order valence-electron chi connectivity index (χ1n) is 19.7. The van der Waals surface area contributed by atoms with E-state index in [9.17, 15) is 19.2 Å². The van der Waals surface area contributed by atoms with Gasteiger partial charge in [0.05, 0.1) is 17.4 Å². The van der Waals surface area contributed by atoms with Gasteiger partial charge in [-0.05, 0) is 68.2 Å². The molecule has 4 amide bonds. The minimum absolute atomic E-state index is 0.0167. The van der Waals surface area contributed by atoms with E-state index in [0.29, 0.717) is 31.6 Å². The number of nitrogens with zero attached hydrogens (tertiary/aromatic N) is 5. The van der Waals surface area contributed by atoms with Gasteiger partial charge in [-0.2, -0.15) is 0 Å². The Kier molecular flexibility index (Phi) is 18.7. The quantitative estimate of drug-likeness (QED) is 0.0437. The summed E-state index contributed by atoms with van der Waals surface area (Å²) in [6.45, 7) is 4.58. The predicted octanol–water partition coefficient (Wildman–Crippen LogP) is 3.43. The Bertz CT molecular complexity index is 1730. The Hall–Kier alpha value is -4.73. The molecule has 1 fully saturated rings. The van der Waals surface area contributed by atoms with E-state index in [-0.39, 0.29) is 44.2 Å². The maximum absolute atomic E-state index is 14.4. The van der Waals surface area contributed by atoms with Crippen LogP contribution in [0.1, 0.15) is 76.5 Å². The van der Waals surface area contributed by atoms with Crippen LogP contribution in [0.2, 0.25) is 0 Å². The zero-order valence-corrected chi connectivity index (χ0v) is 33.4. The summed E-state index contributed by atoms with van der Waals surface area (Å²) in [5.41, 5.74) is 2.23. The number of benzene rings is 1. The average molecular weight is 815 g/mol. The van der Waals surface area contributed by atoms with Crippen LogP contribution in [0.3, 0.4) is 0 Å². The first-order valence-corrected chi connectivity index (χ1v) is 19.7. The number of hydrogen-bond donors (Lipinski definition) is 7. The van der Waals surface area contributed by atoms with E-state index in [2.05, 4.69) is 25.8 Å². The molecule has 0 saturated carbocycles. The van der Waals surface area contributed by atoms with Crippen LogP contribution in [0.4, 0.5) is 4.79 Å². The molecular formula is C39H58N8O11. The molecule has 2 aromatic heterocycles. The number of nitrogens with one attached hydrogen (secondary N) is 3. The van der Waals surface area contributed by atoms with Crippen molar-refractivity contribution in [3.63, 3.8) is 0 Å². The minimum Gasteiger partial charge on any atom is -0.464 e. The summed E-state index contributed by atoms with van der Waals surface area (Å²) in [4.78, 5) is 70.8. The van der Waals surface area contributed by atoms with Crippen LogP contribution in [0.15, 0.2) is 54.9 Å². The highest BCUT2D eigenvalue weighted by atomic mass is 17.1. The van der Waals surface area contributed by atoms with Crippen molar-refractivity contribution in [2.45, 2.75) is 102 Å². The molecule has 4 atom stereocenters. The molecule has 0 bridgehead atoms. The molecule has 320 valence electrons. The molecular weight excluding hydrogens is 756 g/mol. The number of likely N-dealkylation sites (tertiary alicyclic amines) is 1. The number of fused-ring (bicyclic) bond motifs is 1. The fourth-order valence-corrected chi connectivity index (χ4v) is 6.90. The maximum Gasteiger partial charge on any atom is 0.329 e. The van der Waals surface area contributed by atoms with Crippen molar-refractivity contribution in [2.75, 3.05) is 26.3 Å². The van der Waals surface area contributed by atoms with Gasteiger partial charge in [0.25, 0.3) is 0 Å². The molecule has 0 radical (unpaired) electrons. The molecule has 7 N–H and O–H groups in total. The van der Waals surface area contributed by atoms with Gasteiger partial charge in [-0.3, -0.25) is 35.4 Å². The highest BCUT2D eigenvalue weighted by molar-refractivity contribution is 5.94. The second-order valence-electron chi connectivity index (χ2n) is 14.9. The lowest BCUT2D eigenvalue weighted by molar-refractivity contribution is -0.527. The molecule has 1 saturated heterocycles. The van der Waals surface area contributed by atoms with Gasteiger partial charge in [0.2, 0.25) is 11.8 Å². The number of esters is 1. The van der Waals surface area contributed by atoms with Crippen molar-refractivity contribution >= 4 is 34.7 Å². The van der Waals surface area contributed by atoms with Crippen molar-refractivity contribution in [3.05, 3.63) is 66.1 Å². The number of hydrogen-bond acceptors (Lipinski definition) is 14. The molecule has 3 aromatic rings. The second-order valence-corrected chi connectivity index (χ2v) is 14.9. The summed E-state index contributed by atoms with van der Waals surface area (Å²) in [5.74, 6) is -1.87. The Morgan fingerprint density at radius 3 is 2.19 bits per heavy atom. The van der Waals surface area contributed by atoms with E-state index < -0.39 is 59.4 Å². The Morgan fingerprint density at radius 1 is 0.828 bits per heavy atom. The third kappa shape index (κ3) is 15.2. The molecule has 3 heterocycles. The minimum atomic E-state index is -1.20. The van der Waals surface area contributed by atoms with Crippen molar-refractivity contribution in [2.24, 2.45) is 13.0 Å². The SMILES string of the molecule is CC(C)CC(NC(=O)N1CCCCCC1)C(=O)NC(Cc1cn(C)c2ccccc12)C(=O)N[C@H](Cc1ccccn1)C(=O)OCCCCC(CON(O)O)ON(O)O. The number of urea groups is 1. The summed E-state index contributed by atoms with van der Waals surface area (Å²) in [6, 6.07) is 9.26. The Labute approximate surface area is 337 Å². The molecule has 58 heavy (non-hydrogen) atoms. The number of unbranched alkanes of at least 4 members (excludes halogenated alkanes) is 1. The predicted molar refractivity (Wildman–Crippen MR) is 207 cm³/mol. The van der Waals surface area contributed by atoms with Gasteiger partial charge >= 0.3 is 12.0 Å². The number of para-hydroxylation sites is 1. The number of carbonyl (C=O) groups is 4. The summed E-state index contributed by atoms with van der Waals surface area (Å²) < 4.78 is 7.51. The van der Waals surface area contributed by atoms with E-state index in [0.717, 1.165) is 42.1 Å². The molecule has 19 nitrogen and oxygen atoms in total. The molecule has 1 aromatic carbocycles. The highest BCUT2D eigenvalue weighted by Gasteiger charge is 2.32. The number of aryl methyl sites for hydroxylation is 1.